The third kappa shape index (κ3) is 6.32. The number of amides is 3. The highest BCUT2D eigenvalue weighted by Crippen LogP contribution is 2.18. The molecule has 1 aliphatic carbocycles. The fourth-order valence-corrected chi connectivity index (χ4v) is 4.97. The first-order valence-corrected chi connectivity index (χ1v) is 12.5. The molecule has 0 radical (unpaired) electrons. The second-order valence-corrected chi connectivity index (χ2v) is 10.0. The van der Waals surface area contributed by atoms with Crippen LogP contribution in [-0.4, -0.2) is 32.9 Å². The molecule has 0 aliphatic heterocycles. The highest BCUT2D eigenvalue weighted by Gasteiger charge is 2.21. The quantitative estimate of drug-likeness (QED) is 0.591. The van der Waals surface area contributed by atoms with Crippen molar-refractivity contribution >= 4 is 22.0 Å². The van der Waals surface area contributed by atoms with E-state index >= 15 is 0 Å². The fraction of sp³-hybridized carbons (Fsp3) is 0.417. The second kappa shape index (κ2) is 10.6. The summed E-state index contributed by atoms with van der Waals surface area (Å²) in [5.41, 5.74) is 3.43. The maximum Gasteiger partial charge on any atom is 0.328 e. The van der Waals surface area contributed by atoms with Gasteiger partial charge in [0.15, 0.2) is 0 Å². The lowest BCUT2D eigenvalue weighted by molar-refractivity contribution is 0.0953. The summed E-state index contributed by atoms with van der Waals surface area (Å²) in [7, 11) is -3.94. The van der Waals surface area contributed by atoms with Gasteiger partial charge in [-0.2, -0.15) is 0 Å². The summed E-state index contributed by atoms with van der Waals surface area (Å²) in [6, 6.07) is 11.4. The van der Waals surface area contributed by atoms with Crippen LogP contribution in [0, 0.1) is 13.8 Å². The van der Waals surface area contributed by atoms with Crippen molar-refractivity contribution in [1.29, 1.82) is 0 Å². The van der Waals surface area contributed by atoms with Gasteiger partial charge in [0, 0.05) is 18.2 Å². The molecular formula is C24H31N3O4S. The van der Waals surface area contributed by atoms with E-state index in [4.69, 9.17) is 0 Å². The van der Waals surface area contributed by atoms with Gasteiger partial charge in [-0.1, -0.05) is 49.6 Å². The average Bonchev–Trinajstić information content (AvgIpc) is 2.74. The number of nitrogens with one attached hydrogen (secondary N) is 3. The Bertz CT molecular complexity index is 1040. The first kappa shape index (κ1) is 23.8. The predicted molar refractivity (Wildman–Crippen MR) is 124 cm³/mol. The normalized spacial score (nSPS) is 14.6. The first-order valence-electron chi connectivity index (χ1n) is 11.0. The lowest BCUT2D eigenvalue weighted by Gasteiger charge is -2.22. The molecule has 0 atom stereocenters. The molecule has 3 amide bonds. The Morgan fingerprint density at radius 1 is 0.938 bits per heavy atom. The van der Waals surface area contributed by atoms with Crippen molar-refractivity contribution < 1.29 is 18.0 Å². The maximum absolute atomic E-state index is 12.5. The molecule has 0 saturated heterocycles. The van der Waals surface area contributed by atoms with Gasteiger partial charge in [0.2, 0.25) is 0 Å². The number of aryl methyl sites for hydroxylation is 2. The highest BCUT2D eigenvalue weighted by atomic mass is 32.2. The Hall–Kier alpha value is -2.87. The molecule has 1 aliphatic rings. The van der Waals surface area contributed by atoms with Crippen LogP contribution in [0.1, 0.15) is 59.2 Å². The standard InChI is InChI=1S/C24H31N3O4S/c1-17-7-6-8-18(2)22(17)23(28)25-16-15-19-11-13-21(14-12-19)32(30,31)27-24(29)26-20-9-4-3-5-10-20/h6-8,11-14,20H,3-5,9-10,15-16H2,1-2H3,(H,25,28)(H2,26,27,29). The summed E-state index contributed by atoms with van der Waals surface area (Å²) < 4.78 is 27.1. The molecule has 0 heterocycles. The van der Waals surface area contributed by atoms with Crippen molar-refractivity contribution in [2.75, 3.05) is 6.54 Å². The lowest BCUT2D eigenvalue weighted by atomic mass is 9.96. The van der Waals surface area contributed by atoms with Crippen molar-refractivity contribution in [3.63, 3.8) is 0 Å². The molecule has 0 spiro atoms. The van der Waals surface area contributed by atoms with Gasteiger partial charge in [0.1, 0.15) is 0 Å². The zero-order valence-electron chi connectivity index (χ0n) is 18.6. The molecule has 0 unspecified atom stereocenters. The van der Waals surface area contributed by atoms with Crippen LogP contribution in [0.25, 0.3) is 0 Å². The number of rotatable bonds is 7. The van der Waals surface area contributed by atoms with Crippen molar-refractivity contribution in [2.24, 2.45) is 0 Å². The molecule has 1 saturated carbocycles. The molecule has 0 aromatic heterocycles. The number of hydrogen-bond acceptors (Lipinski definition) is 4. The molecule has 172 valence electrons. The van der Waals surface area contributed by atoms with Crippen LogP contribution in [0.5, 0.6) is 0 Å². The molecule has 32 heavy (non-hydrogen) atoms. The zero-order chi connectivity index (χ0) is 23.1. The Balaban J connectivity index is 1.51. The molecule has 1 fully saturated rings. The molecular weight excluding hydrogens is 426 g/mol. The third-order valence-electron chi connectivity index (χ3n) is 5.81. The molecule has 3 rings (SSSR count). The number of carbonyl (C=O) groups excluding carboxylic acids is 2. The van der Waals surface area contributed by atoms with Crippen LogP contribution in [0.3, 0.4) is 0 Å². The van der Waals surface area contributed by atoms with E-state index in [9.17, 15) is 18.0 Å². The van der Waals surface area contributed by atoms with Crippen LogP contribution in [-0.2, 0) is 16.4 Å². The van der Waals surface area contributed by atoms with Crippen molar-refractivity contribution in [1.82, 2.24) is 15.4 Å². The average molecular weight is 458 g/mol. The van der Waals surface area contributed by atoms with Gasteiger partial charge < -0.3 is 10.6 Å². The van der Waals surface area contributed by atoms with Gasteiger partial charge in [0.05, 0.1) is 4.90 Å². The van der Waals surface area contributed by atoms with Crippen LogP contribution < -0.4 is 15.4 Å². The summed E-state index contributed by atoms with van der Waals surface area (Å²) in [4.78, 5) is 24.6. The summed E-state index contributed by atoms with van der Waals surface area (Å²) in [6.45, 7) is 4.25. The van der Waals surface area contributed by atoms with Crippen LogP contribution in [0.2, 0.25) is 0 Å². The van der Waals surface area contributed by atoms with E-state index in [-0.39, 0.29) is 16.8 Å². The Labute approximate surface area is 190 Å². The number of urea groups is 1. The third-order valence-corrected chi connectivity index (χ3v) is 7.16. The molecule has 0 bridgehead atoms. The maximum atomic E-state index is 12.5. The Morgan fingerprint density at radius 3 is 2.19 bits per heavy atom. The highest BCUT2D eigenvalue weighted by molar-refractivity contribution is 7.90. The summed E-state index contributed by atoms with van der Waals surface area (Å²) >= 11 is 0. The molecule has 7 nitrogen and oxygen atoms in total. The van der Waals surface area contributed by atoms with Gasteiger partial charge in [-0.3, -0.25) is 4.79 Å². The van der Waals surface area contributed by atoms with E-state index < -0.39 is 16.1 Å². The Morgan fingerprint density at radius 2 is 1.56 bits per heavy atom. The SMILES string of the molecule is Cc1cccc(C)c1C(=O)NCCc1ccc(S(=O)(=O)NC(=O)NC2CCCCC2)cc1. The van der Waals surface area contributed by atoms with E-state index in [1.54, 1.807) is 12.1 Å². The minimum atomic E-state index is -3.94. The van der Waals surface area contributed by atoms with Gasteiger partial charge in [0.25, 0.3) is 15.9 Å². The topological polar surface area (TPSA) is 104 Å². The van der Waals surface area contributed by atoms with E-state index in [0.717, 1.165) is 48.8 Å². The summed E-state index contributed by atoms with van der Waals surface area (Å²) in [5, 5.41) is 5.66. The monoisotopic (exact) mass is 457 g/mol. The minimum Gasteiger partial charge on any atom is -0.352 e. The van der Waals surface area contributed by atoms with Crippen molar-refractivity contribution in [2.45, 2.75) is 63.3 Å². The summed E-state index contributed by atoms with van der Waals surface area (Å²) in [6.07, 6.45) is 5.56. The van der Waals surface area contributed by atoms with Gasteiger partial charge in [-0.15, -0.1) is 0 Å². The molecule has 2 aromatic carbocycles. The number of hydrogen-bond donors (Lipinski definition) is 3. The van der Waals surface area contributed by atoms with Gasteiger partial charge >= 0.3 is 6.03 Å². The predicted octanol–water partition coefficient (Wildman–Crippen LogP) is 3.60. The molecule has 3 N–H and O–H groups in total. The van der Waals surface area contributed by atoms with Crippen LogP contribution in [0.15, 0.2) is 47.4 Å². The first-order chi connectivity index (χ1) is 15.3. The fourth-order valence-electron chi connectivity index (χ4n) is 4.06. The van der Waals surface area contributed by atoms with Crippen LogP contribution in [0.4, 0.5) is 4.79 Å². The zero-order valence-corrected chi connectivity index (χ0v) is 19.4. The number of carbonyl (C=O) groups is 2. The van der Waals surface area contributed by atoms with E-state index in [0.29, 0.717) is 18.5 Å². The van der Waals surface area contributed by atoms with Crippen molar-refractivity contribution in [3.05, 3.63) is 64.7 Å². The van der Waals surface area contributed by atoms with Gasteiger partial charge in [-0.05, 0) is 61.9 Å². The Kier molecular flexibility index (Phi) is 7.90. The largest absolute Gasteiger partial charge is 0.352 e. The lowest BCUT2D eigenvalue weighted by Crippen LogP contribution is -2.45. The summed E-state index contributed by atoms with van der Waals surface area (Å²) in [5.74, 6) is -0.118. The van der Waals surface area contributed by atoms with E-state index in [1.807, 2.05) is 32.0 Å². The van der Waals surface area contributed by atoms with Crippen molar-refractivity contribution in [3.8, 4) is 0 Å². The smallest absolute Gasteiger partial charge is 0.328 e. The number of sulfonamides is 1. The van der Waals surface area contributed by atoms with E-state index in [2.05, 4.69) is 15.4 Å². The van der Waals surface area contributed by atoms with Crippen LogP contribution >= 0.6 is 0 Å². The van der Waals surface area contributed by atoms with E-state index in [1.165, 1.54) is 12.1 Å². The molecule has 8 heteroatoms. The molecule has 2 aromatic rings. The second-order valence-electron chi connectivity index (χ2n) is 8.33. The minimum absolute atomic E-state index is 0.0274. The number of benzene rings is 2. The van der Waals surface area contributed by atoms with Gasteiger partial charge in [-0.25, -0.2) is 17.9 Å².